The van der Waals surface area contributed by atoms with Crippen molar-refractivity contribution in [2.75, 3.05) is 6.61 Å². The lowest BCUT2D eigenvalue weighted by Crippen LogP contribution is -2.49. The van der Waals surface area contributed by atoms with Gasteiger partial charge in [0.1, 0.15) is 0 Å². The highest BCUT2D eigenvalue weighted by molar-refractivity contribution is 9.10. The van der Waals surface area contributed by atoms with Gasteiger partial charge >= 0.3 is 6.18 Å². The maximum absolute atomic E-state index is 12.7. The molecule has 0 radical (unpaired) electrons. The Morgan fingerprint density at radius 2 is 1.95 bits per heavy atom. The van der Waals surface area contributed by atoms with Crippen molar-refractivity contribution in [2.45, 2.75) is 37.4 Å². The first kappa shape index (κ1) is 16.3. The van der Waals surface area contributed by atoms with E-state index in [2.05, 4.69) is 21.2 Å². The molecule has 0 spiro atoms. The molecule has 1 saturated carbocycles. The van der Waals surface area contributed by atoms with Crippen LogP contribution in [0, 0.1) is 0 Å². The number of amides is 1. The Morgan fingerprint density at radius 1 is 1.33 bits per heavy atom. The Hall–Kier alpha value is -1.08. The monoisotopic (exact) mass is 365 g/mol. The van der Waals surface area contributed by atoms with E-state index in [0.29, 0.717) is 17.3 Å². The van der Waals surface area contributed by atoms with Crippen LogP contribution in [0.4, 0.5) is 13.2 Å². The van der Waals surface area contributed by atoms with Crippen LogP contribution in [-0.4, -0.2) is 23.2 Å². The highest BCUT2D eigenvalue weighted by Crippen LogP contribution is 2.33. The molecule has 21 heavy (non-hydrogen) atoms. The van der Waals surface area contributed by atoms with Crippen molar-refractivity contribution in [1.82, 2.24) is 5.32 Å². The van der Waals surface area contributed by atoms with Gasteiger partial charge in [0.05, 0.1) is 23.3 Å². The second-order valence-electron chi connectivity index (χ2n) is 5.29. The molecule has 0 aromatic heterocycles. The topological polar surface area (TPSA) is 49.3 Å². The number of nitrogens with one attached hydrogen (secondary N) is 1. The van der Waals surface area contributed by atoms with Gasteiger partial charge in [0.25, 0.3) is 5.91 Å². The van der Waals surface area contributed by atoms with Crippen molar-refractivity contribution in [3.63, 3.8) is 0 Å². The van der Waals surface area contributed by atoms with Gasteiger partial charge < -0.3 is 10.4 Å². The summed E-state index contributed by atoms with van der Waals surface area (Å²) in [6.45, 7) is -0.213. The van der Waals surface area contributed by atoms with Crippen molar-refractivity contribution < 1.29 is 23.1 Å². The molecule has 116 valence electrons. The quantitative estimate of drug-likeness (QED) is 0.860. The zero-order chi connectivity index (χ0) is 15.7. The molecule has 3 nitrogen and oxygen atoms in total. The van der Waals surface area contributed by atoms with Crippen LogP contribution < -0.4 is 5.32 Å². The van der Waals surface area contributed by atoms with E-state index >= 15 is 0 Å². The molecule has 1 fully saturated rings. The summed E-state index contributed by atoms with van der Waals surface area (Å²) < 4.78 is 38.5. The van der Waals surface area contributed by atoms with Crippen molar-refractivity contribution >= 4 is 21.8 Å². The third-order valence-electron chi connectivity index (χ3n) is 3.78. The van der Waals surface area contributed by atoms with Crippen LogP contribution in [0.25, 0.3) is 0 Å². The summed E-state index contributed by atoms with van der Waals surface area (Å²) >= 11 is 3.10. The summed E-state index contributed by atoms with van der Waals surface area (Å²) in [6.07, 6.45) is -1.48. The Bertz CT molecular complexity index is 540. The van der Waals surface area contributed by atoms with E-state index in [9.17, 15) is 23.1 Å². The Kier molecular flexibility index (Phi) is 4.63. The van der Waals surface area contributed by atoms with Gasteiger partial charge in [-0.05, 0) is 47.0 Å². The predicted molar refractivity (Wildman–Crippen MR) is 74.9 cm³/mol. The number of halogens is 4. The lowest BCUT2D eigenvalue weighted by atomic mass is 9.98. The third kappa shape index (κ3) is 3.58. The van der Waals surface area contributed by atoms with E-state index in [1.54, 1.807) is 0 Å². The molecule has 0 atom stereocenters. The fourth-order valence-corrected chi connectivity index (χ4v) is 2.98. The summed E-state index contributed by atoms with van der Waals surface area (Å²) in [4.78, 5) is 12.2. The molecule has 1 amide bonds. The van der Waals surface area contributed by atoms with E-state index < -0.39 is 23.2 Å². The van der Waals surface area contributed by atoms with Crippen LogP contribution >= 0.6 is 15.9 Å². The molecule has 1 aromatic rings. The fraction of sp³-hybridized carbons (Fsp3) is 0.500. The summed E-state index contributed by atoms with van der Waals surface area (Å²) in [5.41, 5.74) is -1.67. The summed E-state index contributed by atoms with van der Waals surface area (Å²) in [6, 6.07) is 2.94. The van der Waals surface area contributed by atoms with Crippen LogP contribution in [0.15, 0.2) is 22.7 Å². The second kappa shape index (κ2) is 5.96. The van der Waals surface area contributed by atoms with E-state index in [-0.39, 0.29) is 12.2 Å². The standard InChI is InChI=1S/C14H15BrF3NO2/c15-11-4-3-9(14(16,17)18)7-10(11)12(21)19-13(8-20)5-1-2-6-13/h3-4,7,20H,1-2,5-6,8H2,(H,19,21). The van der Waals surface area contributed by atoms with Crippen molar-refractivity contribution in [2.24, 2.45) is 0 Å². The molecular formula is C14H15BrF3NO2. The number of alkyl halides is 3. The van der Waals surface area contributed by atoms with Crippen LogP contribution in [0.1, 0.15) is 41.6 Å². The third-order valence-corrected chi connectivity index (χ3v) is 4.47. The zero-order valence-corrected chi connectivity index (χ0v) is 12.7. The minimum atomic E-state index is -4.50. The molecule has 2 N–H and O–H groups in total. The van der Waals surface area contributed by atoms with Crippen LogP contribution in [0.5, 0.6) is 0 Å². The van der Waals surface area contributed by atoms with Gasteiger partial charge in [-0.25, -0.2) is 0 Å². The van der Waals surface area contributed by atoms with Gasteiger partial charge in [0, 0.05) is 4.47 Å². The predicted octanol–water partition coefficient (Wildman–Crippen LogP) is 3.50. The van der Waals surface area contributed by atoms with Gasteiger partial charge in [0.2, 0.25) is 0 Å². The number of rotatable bonds is 3. The summed E-state index contributed by atoms with van der Waals surface area (Å²) in [7, 11) is 0. The first-order valence-electron chi connectivity index (χ1n) is 6.57. The largest absolute Gasteiger partial charge is 0.416 e. The van der Waals surface area contributed by atoms with Crippen LogP contribution in [0.2, 0.25) is 0 Å². The smallest absolute Gasteiger partial charge is 0.394 e. The number of hydrogen-bond acceptors (Lipinski definition) is 2. The first-order chi connectivity index (χ1) is 9.77. The molecule has 1 aliphatic carbocycles. The summed E-state index contributed by atoms with van der Waals surface area (Å²) in [5.74, 6) is -0.607. The van der Waals surface area contributed by atoms with Gasteiger partial charge in [-0.1, -0.05) is 12.8 Å². The van der Waals surface area contributed by atoms with Crippen LogP contribution in [-0.2, 0) is 6.18 Å². The van der Waals surface area contributed by atoms with Gasteiger partial charge in [-0.3, -0.25) is 4.79 Å². The number of benzene rings is 1. The molecule has 1 aliphatic rings. The molecule has 0 heterocycles. The van der Waals surface area contributed by atoms with E-state index in [1.807, 2.05) is 0 Å². The van der Waals surface area contributed by atoms with Gasteiger partial charge in [-0.2, -0.15) is 13.2 Å². The van der Waals surface area contributed by atoms with Gasteiger partial charge in [0.15, 0.2) is 0 Å². The molecule has 7 heteroatoms. The molecule has 0 aliphatic heterocycles. The number of hydrogen-bond donors (Lipinski definition) is 2. The van der Waals surface area contributed by atoms with Crippen LogP contribution in [0.3, 0.4) is 0 Å². The van der Waals surface area contributed by atoms with Crippen molar-refractivity contribution in [1.29, 1.82) is 0 Å². The Morgan fingerprint density at radius 3 is 2.48 bits per heavy atom. The SMILES string of the molecule is O=C(NC1(CO)CCCC1)c1cc(C(F)(F)F)ccc1Br. The normalized spacial score (nSPS) is 17.8. The zero-order valence-electron chi connectivity index (χ0n) is 11.1. The number of aliphatic hydroxyl groups is 1. The lowest BCUT2D eigenvalue weighted by molar-refractivity contribution is -0.137. The number of carbonyl (C=O) groups is 1. The number of carbonyl (C=O) groups excluding carboxylic acids is 1. The van der Waals surface area contributed by atoms with E-state index in [0.717, 1.165) is 25.0 Å². The highest BCUT2D eigenvalue weighted by atomic mass is 79.9. The lowest BCUT2D eigenvalue weighted by Gasteiger charge is -2.28. The minimum absolute atomic E-state index is 0.0791. The van der Waals surface area contributed by atoms with E-state index in [4.69, 9.17) is 0 Å². The maximum Gasteiger partial charge on any atom is 0.416 e. The van der Waals surface area contributed by atoms with Crippen molar-refractivity contribution in [3.8, 4) is 0 Å². The molecule has 2 rings (SSSR count). The molecule has 0 bridgehead atoms. The average molecular weight is 366 g/mol. The maximum atomic E-state index is 12.7. The second-order valence-corrected chi connectivity index (χ2v) is 6.15. The molecule has 0 unspecified atom stereocenters. The fourth-order valence-electron chi connectivity index (χ4n) is 2.56. The summed E-state index contributed by atoms with van der Waals surface area (Å²) in [5, 5.41) is 12.2. The highest BCUT2D eigenvalue weighted by Gasteiger charge is 2.36. The minimum Gasteiger partial charge on any atom is -0.394 e. The average Bonchev–Trinajstić information content (AvgIpc) is 2.87. The Balaban J connectivity index is 2.26. The van der Waals surface area contributed by atoms with Crippen molar-refractivity contribution in [3.05, 3.63) is 33.8 Å². The van der Waals surface area contributed by atoms with Gasteiger partial charge in [-0.15, -0.1) is 0 Å². The molecular weight excluding hydrogens is 351 g/mol. The Labute approximate surface area is 128 Å². The van der Waals surface area contributed by atoms with E-state index in [1.165, 1.54) is 6.07 Å². The first-order valence-corrected chi connectivity index (χ1v) is 7.37. The molecule has 1 aromatic carbocycles. The number of aliphatic hydroxyl groups excluding tert-OH is 1. The molecule has 0 saturated heterocycles.